The maximum absolute atomic E-state index is 8.53. The summed E-state index contributed by atoms with van der Waals surface area (Å²) in [7, 11) is 0. The van der Waals surface area contributed by atoms with E-state index in [1.165, 1.54) is 0 Å². The molecular formula is C21H40O10. The molecule has 184 valence electrons. The van der Waals surface area contributed by atoms with Crippen LogP contribution >= 0.6 is 0 Å². The molecule has 0 aliphatic heterocycles. The topological polar surface area (TPSA) is 103 Å². The van der Waals surface area contributed by atoms with E-state index in [0.29, 0.717) is 119 Å². The lowest BCUT2D eigenvalue weighted by Gasteiger charge is -2.08. The normalized spacial score (nSPS) is 11.1. The highest BCUT2D eigenvalue weighted by Gasteiger charge is 1.95. The van der Waals surface area contributed by atoms with Gasteiger partial charge >= 0.3 is 0 Å². The Bertz CT molecular complexity index is 365. The lowest BCUT2D eigenvalue weighted by molar-refractivity contribution is -0.0251. The van der Waals surface area contributed by atoms with Gasteiger partial charge in [0, 0.05) is 0 Å². The molecule has 10 nitrogen and oxygen atoms in total. The van der Waals surface area contributed by atoms with Gasteiger partial charge < -0.3 is 47.7 Å². The summed E-state index contributed by atoms with van der Waals surface area (Å²) in [6.45, 7) is 8.81. The first-order valence-electron chi connectivity index (χ1n) is 10.7. The molecule has 0 saturated heterocycles. The molecule has 0 rings (SSSR count). The molecule has 31 heavy (non-hydrogen) atoms. The summed E-state index contributed by atoms with van der Waals surface area (Å²) >= 11 is 0. The molecule has 0 fully saturated rings. The molecule has 0 spiro atoms. The first kappa shape index (κ1) is 30.2. The molecule has 0 radical (unpaired) electrons. The van der Waals surface area contributed by atoms with Gasteiger partial charge in [0.05, 0.1) is 119 Å². The zero-order valence-corrected chi connectivity index (χ0v) is 18.6. The van der Waals surface area contributed by atoms with Gasteiger partial charge in [-0.2, -0.15) is 0 Å². The summed E-state index contributed by atoms with van der Waals surface area (Å²) in [5.74, 6) is 2.39. The zero-order valence-electron chi connectivity index (χ0n) is 18.6. The Morgan fingerprint density at radius 2 is 0.613 bits per heavy atom. The van der Waals surface area contributed by atoms with Crippen LogP contribution in [0.5, 0.6) is 0 Å². The SMILES string of the molecule is C#CCOCCOCCOCCOCCOCCOCCOCCOCCOCCO. The van der Waals surface area contributed by atoms with Gasteiger partial charge in [0.15, 0.2) is 0 Å². The zero-order chi connectivity index (χ0) is 22.5. The van der Waals surface area contributed by atoms with Gasteiger partial charge in [0.2, 0.25) is 0 Å². The van der Waals surface area contributed by atoms with Crippen molar-refractivity contribution in [3.05, 3.63) is 0 Å². The van der Waals surface area contributed by atoms with Crippen LogP contribution in [0.2, 0.25) is 0 Å². The van der Waals surface area contributed by atoms with Crippen LogP contribution in [0.25, 0.3) is 0 Å². The number of terminal acetylenes is 1. The van der Waals surface area contributed by atoms with E-state index in [1.807, 2.05) is 0 Å². The molecule has 0 atom stereocenters. The third kappa shape index (κ3) is 29.2. The average Bonchev–Trinajstić information content (AvgIpc) is 2.78. The average molecular weight is 453 g/mol. The Morgan fingerprint density at radius 3 is 0.839 bits per heavy atom. The standard InChI is InChI=1S/C21H40O10/c1-2-4-23-6-8-25-10-12-27-14-16-29-18-20-31-21-19-30-17-15-28-13-11-26-9-7-24-5-3-22/h1,22H,3-21H2. The van der Waals surface area contributed by atoms with Gasteiger partial charge in [0.25, 0.3) is 0 Å². The Labute approximate surface area is 186 Å². The molecule has 0 amide bonds. The van der Waals surface area contributed by atoms with Crippen molar-refractivity contribution in [2.75, 3.05) is 126 Å². The van der Waals surface area contributed by atoms with Crippen LogP contribution in [0.1, 0.15) is 0 Å². The molecule has 0 aliphatic rings. The summed E-state index contributed by atoms with van der Waals surface area (Å²) in [5.41, 5.74) is 0. The van der Waals surface area contributed by atoms with Gasteiger partial charge in [-0.1, -0.05) is 5.92 Å². The minimum absolute atomic E-state index is 0.0289. The van der Waals surface area contributed by atoms with Crippen molar-refractivity contribution in [2.24, 2.45) is 0 Å². The summed E-state index contributed by atoms with van der Waals surface area (Å²) in [4.78, 5) is 0. The van der Waals surface area contributed by atoms with Gasteiger partial charge in [-0.3, -0.25) is 0 Å². The van der Waals surface area contributed by atoms with Crippen LogP contribution in [-0.2, 0) is 42.6 Å². The fraction of sp³-hybridized carbons (Fsp3) is 0.905. The predicted octanol–water partition coefficient (Wildman–Crippen LogP) is -0.239. The number of hydrogen-bond donors (Lipinski definition) is 1. The van der Waals surface area contributed by atoms with Gasteiger partial charge in [-0.05, 0) is 0 Å². The Morgan fingerprint density at radius 1 is 0.387 bits per heavy atom. The summed E-state index contributed by atoms with van der Waals surface area (Å²) < 4.78 is 47.7. The molecule has 0 aromatic heterocycles. The summed E-state index contributed by atoms with van der Waals surface area (Å²) in [6.07, 6.45) is 5.06. The van der Waals surface area contributed by atoms with E-state index in [4.69, 9.17) is 54.2 Å². The van der Waals surface area contributed by atoms with Crippen molar-refractivity contribution in [1.29, 1.82) is 0 Å². The first-order valence-corrected chi connectivity index (χ1v) is 10.7. The Kier molecular flexibility index (Phi) is 28.4. The fourth-order valence-corrected chi connectivity index (χ4v) is 1.95. The van der Waals surface area contributed by atoms with Crippen LogP contribution < -0.4 is 0 Å². The highest BCUT2D eigenvalue weighted by atomic mass is 16.6. The third-order valence-corrected chi connectivity index (χ3v) is 3.40. The van der Waals surface area contributed by atoms with E-state index in [0.717, 1.165) is 0 Å². The number of aliphatic hydroxyl groups is 1. The monoisotopic (exact) mass is 452 g/mol. The molecule has 1 N–H and O–H groups in total. The van der Waals surface area contributed by atoms with Crippen molar-refractivity contribution in [2.45, 2.75) is 0 Å². The summed E-state index contributed by atoms with van der Waals surface area (Å²) in [6, 6.07) is 0. The van der Waals surface area contributed by atoms with Gasteiger partial charge in [0.1, 0.15) is 6.61 Å². The van der Waals surface area contributed by atoms with Crippen LogP contribution in [0, 0.1) is 12.3 Å². The van der Waals surface area contributed by atoms with Gasteiger partial charge in [-0.15, -0.1) is 6.42 Å². The van der Waals surface area contributed by atoms with Gasteiger partial charge in [-0.25, -0.2) is 0 Å². The quantitative estimate of drug-likeness (QED) is 0.133. The molecule has 0 bridgehead atoms. The second-order valence-corrected chi connectivity index (χ2v) is 5.88. The maximum atomic E-state index is 8.53. The highest BCUT2D eigenvalue weighted by Crippen LogP contribution is 1.86. The highest BCUT2D eigenvalue weighted by molar-refractivity contribution is 4.82. The molecule has 0 saturated carbocycles. The van der Waals surface area contributed by atoms with Crippen molar-refractivity contribution in [1.82, 2.24) is 0 Å². The lowest BCUT2D eigenvalue weighted by atomic mass is 10.6. The number of ether oxygens (including phenoxy) is 9. The molecule has 10 heteroatoms. The number of aliphatic hydroxyl groups excluding tert-OH is 1. The maximum Gasteiger partial charge on any atom is 0.107 e. The van der Waals surface area contributed by atoms with E-state index in [9.17, 15) is 0 Å². The Hall–Kier alpha value is -0.840. The van der Waals surface area contributed by atoms with Crippen molar-refractivity contribution < 1.29 is 47.7 Å². The molecule has 0 aromatic carbocycles. The fourth-order valence-electron chi connectivity index (χ4n) is 1.95. The predicted molar refractivity (Wildman–Crippen MR) is 113 cm³/mol. The second kappa shape index (κ2) is 29.2. The third-order valence-electron chi connectivity index (χ3n) is 3.40. The lowest BCUT2D eigenvalue weighted by Crippen LogP contribution is -2.15. The molecule has 0 aromatic rings. The summed E-state index contributed by atoms with van der Waals surface area (Å²) in [5, 5.41) is 8.53. The number of hydrogen-bond acceptors (Lipinski definition) is 10. The molecule has 0 unspecified atom stereocenters. The second-order valence-electron chi connectivity index (χ2n) is 5.88. The van der Waals surface area contributed by atoms with E-state index in [2.05, 4.69) is 5.92 Å². The molecular weight excluding hydrogens is 412 g/mol. The van der Waals surface area contributed by atoms with E-state index >= 15 is 0 Å². The van der Waals surface area contributed by atoms with E-state index in [1.54, 1.807) is 0 Å². The Balaban J connectivity index is 2.99. The van der Waals surface area contributed by atoms with Crippen LogP contribution in [0.4, 0.5) is 0 Å². The molecule has 0 aliphatic carbocycles. The van der Waals surface area contributed by atoms with Crippen molar-refractivity contribution in [3.63, 3.8) is 0 Å². The van der Waals surface area contributed by atoms with Crippen molar-refractivity contribution >= 4 is 0 Å². The van der Waals surface area contributed by atoms with E-state index < -0.39 is 0 Å². The first-order chi connectivity index (χ1) is 15.4. The minimum atomic E-state index is 0.0289. The van der Waals surface area contributed by atoms with Crippen LogP contribution in [0.15, 0.2) is 0 Å². The largest absolute Gasteiger partial charge is 0.394 e. The smallest absolute Gasteiger partial charge is 0.107 e. The van der Waals surface area contributed by atoms with Crippen LogP contribution in [0.3, 0.4) is 0 Å². The minimum Gasteiger partial charge on any atom is -0.394 e. The molecule has 0 heterocycles. The van der Waals surface area contributed by atoms with E-state index in [-0.39, 0.29) is 6.61 Å². The number of rotatable bonds is 27. The van der Waals surface area contributed by atoms with Crippen molar-refractivity contribution in [3.8, 4) is 12.3 Å². The van der Waals surface area contributed by atoms with Crippen LogP contribution in [-0.4, -0.2) is 131 Å².